The van der Waals surface area contributed by atoms with Gasteiger partial charge in [-0.05, 0) is 17.5 Å². The van der Waals surface area contributed by atoms with Crippen LogP contribution in [0.15, 0.2) is 41.5 Å². The second kappa shape index (κ2) is 5.15. The summed E-state index contributed by atoms with van der Waals surface area (Å²) in [6, 6.07) is 8.17. The van der Waals surface area contributed by atoms with Gasteiger partial charge in [0, 0.05) is 12.4 Å². The van der Waals surface area contributed by atoms with Crippen molar-refractivity contribution in [3.05, 3.63) is 63.3 Å². The third-order valence-electron chi connectivity index (χ3n) is 3.33. The van der Waals surface area contributed by atoms with Gasteiger partial charge >= 0.3 is 0 Å². The van der Waals surface area contributed by atoms with E-state index in [0.29, 0.717) is 13.2 Å². The van der Waals surface area contributed by atoms with Crippen LogP contribution in [0.4, 0.5) is 0 Å². The van der Waals surface area contributed by atoms with Gasteiger partial charge in [-0.15, -0.1) is 0 Å². The van der Waals surface area contributed by atoms with Crippen molar-refractivity contribution in [3.8, 4) is 0 Å². The Labute approximate surface area is 115 Å². The van der Waals surface area contributed by atoms with Gasteiger partial charge in [0.05, 0.1) is 13.2 Å². The minimum absolute atomic E-state index is 0.00778. The summed E-state index contributed by atoms with van der Waals surface area (Å²) >= 11 is 5.75. The van der Waals surface area contributed by atoms with Crippen LogP contribution in [0.1, 0.15) is 17.2 Å². The van der Waals surface area contributed by atoms with Gasteiger partial charge in [-0.3, -0.25) is 4.79 Å². The zero-order chi connectivity index (χ0) is 13.2. The van der Waals surface area contributed by atoms with Crippen LogP contribution in [0, 0.1) is 0 Å². The van der Waals surface area contributed by atoms with Gasteiger partial charge in [-0.2, -0.15) is 0 Å². The van der Waals surface area contributed by atoms with Gasteiger partial charge in [0.25, 0.3) is 5.56 Å². The number of rotatable bonds is 2. The number of fused-ring (bicyclic) bond motifs is 1. The minimum atomic E-state index is -0.282. The topological polar surface area (TPSA) is 44.1 Å². The highest BCUT2D eigenvalue weighted by molar-refractivity contribution is 6.29. The molecule has 4 nitrogen and oxygen atoms in total. The van der Waals surface area contributed by atoms with E-state index in [2.05, 4.69) is 11.1 Å². The summed E-state index contributed by atoms with van der Waals surface area (Å²) in [7, 11) is 0. The standard InChI is InChI=1S/C14H13ClN2O2/c15-13-14(18)17(7-6-16-13)9-12-11-4-2-1-3-10(11)5-8-19-12/h1-4,6-7,12H,5,8-9H2. The first kappa shape index (κ1) is 12.4. The second-order valence-electron chi connectivity index (χ2n) is 4.48. The van der Waals surface area contributed by atoms with Gasteiger partial charge in [-0.1, -0.05) is 35.9 Å². The smallest absolute Gasteiger partial charge is 0.288 e. The monoisotopic (exact) mass is 276 g/mol. The van der Waals surface area contributed by atoms with E-state index in [4.69, 9.17) is 16.3 Å². The molecule has 0 N–H and O–H groups in total. The number of nitrogens with zero attached hydrogens (tertiary/aromatic N) is 2. The van der Waals surface area contributed by atoms with E-state index in [-0.39, 0.29) is 16.8 Å². The zero-order valence-electron chi connectivity index (χ0n) is 10.3. The van der Waals surface area contributed by atoms with Gasteiger partial charge in [-0.25, -0.2) is 4.98 Å². The van der Waals surface area contributed by atoms with Crippen molar-refractivity contribution in [1.82, 2.24) is 9.55 Å². The summed E-state index contributed by atoms with van der Waals surface area (Å²) in [5, 5.41) is -0.00778. The van der Waals surface area contributed by atoms with Crippen LogP contribution < -0.4 is 5.56 Å². The summed E-state index contributed by atoms with van der Waals surface area (Å²) < 4.78 is 7.32. The quantitative estimate of drug-likeness (QED) is 0.845. The highest BCUT2D eigenvalue weighted by atomic mass is 35.5. The average molecular weight is 277 g/mol. The van der Waals surface area contributed by atoms with E-state index in [1.165, 1.54) is 11.8 Å². The summed E-state index contributed by atoms with van der Waals surface area (Å²) in [6.07, 6.45) is 3.97. The molecule has 0 fully saturated rings. The largest absolute Gasteiger partial charge is 0.371 e. The molecule has 0 radical (unpaired) electrons. The van der Waals surface area contributed by atoms with Crippen molar-refractivity contribution < 1.29 is 4.74 Å². The predicted molar refractivity (Wildman–Crippen MR) is 72.3 cm³/mol. The third-order valence-corrected chi connectivity index (χ3v) is 3.59. The summed E-state index contributed by atoms with van der Waals surface area (Å²) in [6.45, 7) is 1.13. The van der Waals surface area contributed by atoms with Crippen LogP contribution in [0.5, 0.6) is 0 Å². The molecule has 0 aliphatic carbocycles. The summed E-state index contributed by atoms with van der Waals surface area (Å²) in [5.41, 5.74) is 2.15. The first-order chi connectivity index (χ1) is 9.25. The minimum Gasteiger partial charge on any atom is -0.371 e. The lowest BCUT2D eigenvalue weighted by atomic mass is 9.97. The van der Waals surface area contributed by atoms with Crippen LogP contribution in [-0.4, -0.2) is 16.2 Å². The molecular formula is C14H13ClN2O2. The van der Waals surface area contributed by atoms with E-state index in [1.54, 1.807) is 10.8 Å². The molecule has 2 aromatic rings. The fourth-order valence-corrected chi connectivity index (χ4v) is 2.54. The van der Waals surface area contributed by atoms with Gasteiger partial charge in [0.15, 0.2) is 5.15 Å². The lowest BCUT2D eigenvalue weighted by Gasteiger charge is -2.26. The molecule has 1 aromatic heterocycles. The molecule has 19 heavy (non-hydrogen) atoms. The van der Waals surface area contributed by atoms with E-state index >= 15 is 0 Å². The van der Waals surface area contributed by atoms with Crippen molar-refractivity contribution in [2.24, 2.45) is 0 Å². The Balaban J connectivity index is 1.93. The maximum absolute atomic E-state index is 11.9. The first-order valence-electron chi connectivity index (χ1n) is 6.16. The normalized spacial score (nSPS) is 18.1. The number of benzene rings is 1. The Kier molecular flexibility index (Phi) is 3.36. The summed E-state index contributed by atoms with van der Waals surface area (Å²) in [4.78, 5) is 15.6. The number of halogens is 1. The van der Waals surface area contributed by atoms with Crippen LogP contribution in [0.25, 0.3) is 0 Å². The zero-order valence-corrected chi connectivity index (χ0v) is 11.0. The highest BCUT2D eigenvalue weighted by Crippen LogP contribution is 2.27. The highest BCUT2D eigenvalue weighted by Gasteiger charge is 2.21. The Bertz CT molecular complexity index is 654. The molecule has 0 bridgehead atoms. The van der Waals surface area contributed by atoms with Crippen molar-refractivity contribution in [1.29, 1.82) is 0 Å². The fourth-order valence-electron chi connectivity index (χ4n) is 2.37. The Morgan fingerprint density at radius 1 is 1.42 bits per heavy atom. The lowest BCUT2D eigenvalue weighted by molar-refractivity contribution is 0.0299. The maximum Gasteiger partial charge on any atom is 0.288 e. The fraction of sp³-hybridized carbons (Fsp3) is 0.286. The first-order valence-corrected chi connectivity index (χ1v) is 6.54. The predicted octanol–water partition coefficient (Wildman–Crippen LogP) is 2.21. The summed E-state index contributed by atoms with van der Waals surface area (Å²) in [5.74, 6) is 0. The molecule has 2 heterocycles. The number of ether oxygens (including phenoxy) is 1. The molecule has 1 aliphatic rings. The van der Waals surface area contributed by atoms with Crippen molar-refractivity contribution in [2.45, 2.75) is 19.1 Å². The van der Waals surface area contributed by atoms with Crippen LogP contribution in [0.2, 0.25) is 5.15 Å². The van der Waals surface area contributed by atoms with Crippen LogP contribution >= 0.6 is 11.6 Å². The number of aromatic nitrogens is 2. The molecule has 1 aromatic carbocycles. The molecule has 98 valence electrons. The molecule has 0 spiro atoms. The second-order valence-corrected chi connectivity index (χ2v) is 4.84. The molecular weight excluding hydrogens is 264 g/mol. The number of hydrogen-bond donors (Lipinski definition) is 0. The molecule has 3 rings (SSSR count). The lowest BCUT2D eigenvalue weighted by Crippen LogP contribution is -2.27. The molecule has 1 unspecified atom stereocenters. The van der Waals surface area contributed by atoms with Crippen LogP contribution in [0.3, 0.4) is 0 Å². The SMILES string of the molecule is O=c1c(Cl)nccn1CC1OCCc2ccccc21. The van der Waals surface area contributed by atoms with Gasteiger partial charge in [0.2, 0.25) is 0 Å². The van der Waals surface area contributed by atoms with Crippen molar-refractivity contribution in [3.63, 3.8) is 0 Å². The maximum atomic E-state index is 11.9. The third kappa shape index (κ3) is 2.41. The van der Waals surface area contributed by atoms with Crippen molar-refractivity contribution >= 4 is 11.6 Å². The number of hydrogen-bond acceptors (Lipinski definition) is 3. The van der Waals surface area contributed by atoms with E-state index in [9.17, 15) is 4.79 Å². The van der Waals surface area contributed by atoms with E-state index in [0.717, 1.165) is 12.0 Å². The van der Waals surface area contributed by atoms with Crippen LogP contribution in [-0.2, 0) is 17.7 Å². The molecule has 0 saturated carbocycles. The average Bonchev–Trinajstić information content (AvgIpc) is 2.44. The molecule has 1 aliphatic heterocycles. The Morgan fingerprint density at radius 3 is 3.16 bits per heavy atom. The molecule has 0 amide bonds. The molecule has 1 atom stereocenters. The van der Waals surface area contributed by atoms with Crippen molar-refractivity contribution in [2.75, 3.05) is 6.61 Å². The molecule has 5 heteroatoms. The van der Waals surface area contributed by atoms with E-state index < -0.39 is 0 Å². The Hall–Kier alpha value is -1.65. The van der Waals surface area contributed by atoms with E-state index in [1.807, 2.05) is 18.2 Å². The van der Waals surface area contributed by atoms with Gasteiger partial charge in [0.1, 0.15) is 6.10 Å². The van der Waals surface area contributed by atoms with Gasteiger partial charge < -0.3 is 9.30 Å². The Morgan fingerprint density at radius 2 is 2.26 bits per heavy atom. The molecule has 0 saturated heterocycles.